The lowest BCUT2D eigenvalue weighted by atomic mass is 9.73. The molecule has 0 saturated carbocycles. The summed E-state index contributed by atoms with van der Waals surface area (Å²) in [7, 11) is 0. The molecule has 144 valence electrons. The average Bonchev–Trinajstić information content (AvgIpc) is 2.65. The van der Waals surface area contributed by atoms with Crippen molar-refractivity contribution in [1.29, 1.82) is 0 Å². The lowest BCUT2D eigenvalue weighted by Gasteiger charge is -2.36. The van der Waals surface area contributed by atoms with Gasteiger partial charge in [0.05, 0.1) is 11.5 Å². The molecule has 5 heteroatoms. The molecule has 1 aliphatic rings. The summed E-state index contributed by atoms with van der Waals surface area (Å²) in [6.07, 6.45) is 1.40. The van der Waals surface area contributed by atoms with Gasteiger partial charge < -0.3 is 14.8 Å². The van der Waals surface area contributed by atoms with Crippen LogP contribution in [0.2, 0.25) is 5.02 Å². The Morgan fingerprint density at radius 2 is 1.81 bits per heavy atom. The first kappa shape index (κ1) is 19.7. The highest BCUT2D eigenvalue weighted by molar-refractivity contribution is 6.30. The van der Waals surface area contributed by atoms with Gasteiger partial charge in [-0.2, -0.15) is 0 Å². The first-order chi connectivity index (χ1) is 12.9. The van der Waals surface area contributed by atoms with Gasteiger partial charge in [-0.15, -0.1) is 0 Å². The van der Waals surface area contributed by atoms with Crippen LogP contribution in [0.3, 0.4) is 0 Å². The number of hydrogen-bond acceptors (Lipinski definition) is 3. The van der Waals surface area contributed by atoms with E-state index in [0.717, 1.165) is 22.6 Å². The maximum Gasteiger partial charge on any atom is 0.235 e. The number of carbonyl (C=O) groups excluding carboxylic acids is 1. The van der Waals surface area contributed by atoms with Crippen LogP contribution in [0.5, 0.6) is 5.75 Å². The smallest absolute Gasteiger partial charge is 0.235 e. The van der Waals surface area contributed by atoms with Crippen LogP contribution in [-0.4, -0.2) is 25.2 Å². The number of aryl methyl sites for hydroxylation is 1. The zero-order chi connectivity index (χ0) is 19.4. The van der Waals surface area contributed by atoms with Crippen molar-refractivity contribution in [2.45, 2.75) is 45.1 Å². The second kappa shape index (κ2) is 8.32. The molecular weight excluding hydrogens is 362 g/mol. The zero-order valence-corrected chi connectivity index (χ0v) is 16.8. The van der Waals surface area contributed by atoms with E-state index >= 15 is 0 Å². The fourth-order valence-electron chi connectivity index (χ4n) is 3.50. The Balaban J connectivity index is 1.85. The summed E-state index contributed by atoms with van der Waals surface area (Å²) in [6, 6.07) is 13.3. The third-order valence-corrected chi connectivity index (χ3v) is 5.23. The van der Waals surface area contributed by atoms with Crippen molar-refractivity contribution in [3.63, 3.8) is 0 Å². The summed E-state index contributed by atoms with van der Waals surface area (Å²) in [5.41, 5.74) is 2.13. The van der Waals surface area contributed by atoms with Crippen LogP contribution in [0, 0.1) is 6.92 Å². The maximum atomic E-state index is 13.3. The second-order valence-electron chi connectivity index (χ2n) is 7.30. The van der Waals surface area contributed by atoms with Gasteiger partial charge in [0, 0.05) is 23.9 Å². The summed E-state index contributed by atoms with van der Waals surface area (Å²) >= 11 is 6.04. The first-order valence-electron chi connectivity index (χ1n) is 9.33. The number of rotatable bonds is 5. The molecule has 2 aromatic carbocycles. The summed E-state index contributed by atoms with van der Waals surface area (Å²) in [5, 5.41) is 3.77. The van der Waals surface area contributed by atoms with E-state index in [1.165, 1.54) is 0 Å². The Hall–Kier alpha value is -2.04. The minimum Gasteiger partial charge on any atom is -0.491 e. The number of benzene rings is 2. The Morgan fingerprint density at radius 1 is 1.15 bits per heavy atom. The van der Waals surface area contributed by atoms with E-state index in [-0.39, 0.29) is 12.0 Å². The highest BCUT2D eigenvalue weighted by Crippen LogP contribution is 2.37. The molecule has 1 amide bonds. The molecule has 0 atom stereocenters. The lowest BCUT2D eigenvalue weighted by Crippen LogP contribution is -2.44. The van der Waals surface area contributed by atoms with E-state index in [4.69, 9.17) is 21.1 Å². The topological polar surface area (TPSA) is 47.6 Å². The number of hydrogen-bond donors (Lipinski definition) is 1. The SMILES string of the molecule is Cc1cc(NC(=O)C2(c3ccc(Cl)cc3)CCOCC2)ccc1OC(C)C. The van der Waals surface area contributed by atoms with Gasteiger partial charge >= 0.3 is 0 Å². The van der Waals surface area contributed by atoms with Gasteiger partial charge in [-0.1, -0.05) is 23.7 Å². The number of anilines is 1. The van der Waals surface area contributed by atoms with Gasteiger partial charge in [0.1, 0.15) is 5.75 Å². The highest BCUT2D eigenvalue weighted by atomic mass is 35.5. The van der Waals surface area contributed by atoms with Crippen LogP contribution in [0.25, 0.3) is 0 Å². The zero-order valence-electron chi connectivity index (χ0n) is 16.0. The van der Waals surface area contributed by atoms with Gasteiger partial charge in [0.2, 0.25) is 5.91 Å². The maximum absolute atomic E-state index is 13.3. The van der Waals surface area contributed by atoms with E-state index in [9.17, 15) is 4.79 Å². The largest absolute Gasteiger partial charge is 0.491 e. The summed E-state index contributed by atoms with van der Waals surface area (Å²) in [4.78, 5) is 13.3. The van der Waals surface area contributed by atoms with E-state index in [1.54, 1.807) is 0 Å². The molecule has 1 fully saturated rings. The van der Waals surface area contributed by atoms with Gasteiger partial charge in [-0.25, -0.2) is 0 Å². The molecule has 1 aliphatic heterocycles. The van der Waals surface area contributed by atoms with Crippen LogP contribution in [0.4, 0.5) is 5.69 Å². The minimum absolute atomic E-state index is 0.00921. The van der Waals surface area contributed by atoms with Crippen molar-refractivity contribution < 1.29 is 14.3 Å². The first-order valence-corrected chi connectivity index (χ1v) is 9.71. The quantitative estimate of drug-likeness (QED) is 0.774. The fraction of sp³-hybridized carbons (Fsp3) is 0.409. The van der Waals surface area contributed by atoms with Crippen molar-refractivity contribution in [1.82, 2.24) is 0 Å². The summed E-state index contributed by atoms with van der Waals surface area (Å²) in [5.74, 6) is 0.825. The molecule has 27 heavy (non-hydrogen) atoms. The number of halogens is 1. The van der Waals surface area contributed by atoms with Gasteiger partial charge in [-0.05, 0) is 75.1 Å². The van der Waals surface area contributed by atoms with Crippen molar-refractivity contribution in [3.05, 3.63) is 58.6 Å². The standard InChI is InChI=1S/C22H26ClNO3/c1-15(2)27-20-9-8-19(14-16(20)3)24-21(25)22(10-12-26-13-11-22)17-4-6-18(23)7-5-17/h4-9,14-15H,10-13H2,1-3H3,(H,24,25). The molecule has 2 aromatic rings. The van der Waals surface area contributed by atoms with E-state index in [1.807, 2.05) is 63.2 Å². The molecule has 4 nitrogen and oxygen atoms in total. The van der Waals surface area contributed by atoms with Crippen molar-refractivity contribution in [2.24, 2.45) is 0 Å². The molecule has 0 aliphatic carbocycles. The Bertz CT molecular complexity index is 796. The van der Waals surface area contributed by atoms with Crippen LogP contribution >= 0.6 is 11.6 Å². The molecule has 0 radical (unpaired) electrons. The van der Waals surface area contributed by atoms with Gasteiger partial charge in [0.15, 0.2) is 0 Å². The van der Waals surface area contributed by atoms with Crippen molar-refractivity contribution in [2.75, 3.05) is 18.5 Å². The normalized spacial score (nSPS) is 16.2. The molecule has 0 unspecified atom stereocenters. The molecular formula is C22H26ClNO3. The fourth-order valence-corrected chi connectivity index (χ4v) is 3.63. The Morgan fingerprint density at radius 3 is 2.41 bits per heavy atom. The van der Waals surface area contributed by atoms with Crippen LogP contribution in [0.15, 0.2) is 42.5 Å². The second-order valence-corrected chi connectivity index (χ2v) is 7.74. The molecule has 3 rings (SSSR count). The Labute approximate surface area is 165 Å². The summed E-state index contributed by atoms with van der Waals surface area (Å²) < 4.78 is 11.3. The molecule has 0 aromatic heterocycles. The van der Waals surface area contributed by atoms with Crippen LogP contribution < -0.4 is 10.1 Å². The van der Waals surface area contributed by atoms with Gasteiger partial charge in [0.25, 0.3) is 0 Å². The third-order valence-electron chi connectivity index (χ3n) is 4.97. The van der Waals surface area contributed by atoms with E-state index in [0.29, 0.717) is 31.1 Å². The molecule has 0 spiro atoms. The van der Waals surface area contributed by atoms with Crippen LogP contribution in [-0.2, 0) is 14.9 Å². The third kappa shape index (κ3) is 4.45. The van der Waals surface area contributed by atoms with Gasteiger partial charge in [-0.3, -0.25) is 4.79 Å². The van der Waals surface area contributed by atoms with E-state index < -0.39 is 5.41 Å². The predicted molar refractivity (Wildman–Crippen MR) is 109 cm³/mol. The van der Waals surface area contributed by atoms with Crippen molar-refractivity contribution >= 4 is 23.2 Å². The highest BCUT2D eigenvalue weighted by Gasteiger charge is 2.41. The predicted octanol–water partition coefficient (Wildman–Crippen LogP) is 5.12. The van der Waals surface area contributed by atoms with Crippen molar-refractivity contribution in [3.8, 4) is 5.75 Å². The molecule has 0 bridgehead atoms. The number of ether oxygens (including phenoxy) is 2. The number of amides is 1. The van der Waals surface area contributed by atoms with E-state index in [2.05, 4.69) is 5.32 Å². The monoisotopic (exact) mass is 387 g/mol. The molecule has 1 N–H and O–H groups in total. The van der Waals surface area contributed by atoms with Crippen LogP contribution in [0.1, 0.15) is 37.8 Å². The number of nitrogens with one attached hydrogen (secondary N) is 1. The molecule has 1 heterocycles. The number of carbonyl (C=O) groups is 1. The Kier molecular flexibility index (Phi) is 6.08. The summed E-state index contributed by atoms with van der Waals surface area (Å²) in [6.45, 7) is 7.11. The minimum atomic E-state index is -0.607. The molecule has 1 saturated heterocycles. The lowest BCUT2D eigenvalue weighted by molar-refractivity contribution is -0.125. The average molecular weight is 388 g/mol.